The summed E-state index contributed by atoms with van der Waals surface area (Å²) >= 11 is 6.85. The quantitative estimate of drug-likeness (QED) is 0.878. The second-order valence-corrected chi connectivity index (χ2v) is 5.32. The highest BCUT2D eigenvalue weighted by molar-refractivity contribution is 7.17. The van der Waals surface area contributed by atoms with Crippen LogP contribution in [0.4, 0.5) is 0 Å². The standard InChI is InChI=1S/C10H10ClNO4S/c11-7-2-1-6(17-7)8(13)12-9-5(10(14)15)3-4-16-9/h1-2,5,9H,3-4H2,(H,12,13)(H,14,15). The minimum Gasteiger partial charge on any atom is -0.481 e. The lowest BCUT2D eigenvalue weighted by molar-refractivity contribution is -0.143. The Balaban J connectivity index is 2.01. The third-order valence-electron chi connectivity index (χ3n) is 2.48. The second-order valence-electron chi connectivity index (χ2n) is 3.60. The number of ether oxygens (including phenoxy) is 1. The predicted molar refractivity (Wildman–Crippen MR) is 62.3 cm³/mol. The van der Waals surface area contributed by atoms with Crippen LogP contribution in [0.15, 0.2) is 12.1 Å². The molecule has 1 aliphatic heterocycles. The van der Waals surface area contributed by atoms with Crippen LogP contribution >= 0.6 is 22.9 Å². The number of rotatable bonds is 3. The van der Waals surface area contributed by atoms with Gasteiger partial charge in [-0.3, -0.25) is 9.59 Å². The lowest BCUT2D eigenvalue weighted by atomic mass is 10.1. The van der Waals surface area contributed by atoms with Gasteiger partial charge in [0.2, 0.25) is 0 Å². The topological polar surface area (TPSA) is 75.6 Å². The number of carboxylic acids is 1. The van der Waals surface area contributed by atoms with Gasteiger partial charge in [-0.25, -0.2) is 0 Å². The summed E-state index contributed by atoms with van der Waals surface area (Å²) in [5.74, 6) is -2.01. The Kier molecular flexibility index (Phi) is 3.66. The summed E-state index contributed by atoms with van der Waals surface area (Å²) in [6.45, 7) is 0.340. The first-order valence-electron chi connectivity index (χ1n) is 4.98. The van der Waals surface area contributed by atoms with Crippen LogP contribution in [-0.2, 0) is 9.53 Å². The Hall–Kier alpha value is -1.11. The zero-order chi connectivity index (χ0) is 12.4. The Labute approximate surface area is 106 Å². The molecule has 1 aromatic heterocycles. The van der Waals surface area contributed by atoms with Crippen molar-refractivity contribution in [2.24, 2.45) is 5.92 Å². The first-order chi connectivity index (χ1) is 8.08. The zero-order valence-corrected chi connectivity index (χ0v) is 10.3. The Morgan fingerprint density at radius 1 is 1.53 bits per heavy atom. The monoisotopic (exact) mass is 275 g/mol. The van der Waals surface area contributed by atoms with Crippen LogP contribution < -0.4 is 5.32 Å². The highest BCUT2D eigenvalue weighted by Gasteiger charge is 2.35. The molecule has 2 unspecified atom stereocenters. The van der Waals surface area contributed by atoms with E-state index < -0.39 is 18.1 Å². The smallest absolute Gasteiger partial charge is 0.311 e. The van der Waals surface area contributed by atoms with Crippen molar-refractivity contribution in [2.75, 3.05) is 6.61 Å². The van der Waals surface area contributed by atoms with Gasteiger partial charge in [0.25, 0.3) is 5.91 Å². The van der Waals surface area contributed by atoms with Gasteiger partial charge in [0.15, 0.2) is 0 Å². The molecule has 1 aliphatic rings. The van der Waals surface area contributed by atoms with Crippen LogP contribution in [0.2, 0.25) is 4.34 Å². The molecule has 17 heavy (non-hydrogen) atoms. The number of nitrogens with one attached hydrogen (secondary N) is 1. The number of hydrogen-bond donors (Lipinski definition) is 2. The number of hydrogen-bond acceptors (Lipinski definition) is 4. The molecule has 5 nitrogen and oxygen atoms in total. The van der Waals surface area contributed by atoms with Gasteiger partial charge in [0.1, 0.15) is 12.1 Å². The fourth-order valence-electron chi connectivity index (χ4n) is 1.62. The maximum atomic E-state index is 11.7. The largest absolute Gasteiger partial charge is 0.481 e. The molecule has 7 heteroatoms. The molecule has 1 saturated heterocycles. The van der Waals surface area contributed by atoms with Crippen LogP contribution in [0.25, 0.3) is 0 Å². The average Bonchev–Trinajstić information content (AvgIpc) is 2.86. The molecule has 0 aromatic carbocycles. The van der Waals surface area contributed by atoms with E-state index in [0.29, 0.717) is 22.2 Å². The molecule has 0 saturated carbocycles. The predicted octanol–water partition coefficient (Wildman–Crippen LogP) is 1.58. The minimum atomic E-state index is -0.961. The number of aliphatic carboxylic acids is 1. The van der Waals surface area contributed by atoms with E-state index in [4.69, 9.17) is 21.4 Å². The van der Waals surface area contributed by atoms with Crippen LogP contribution in [0.3, 0.4) is 0 Å². The lowest BCUT2D eigenvalue weighted by Crippen LogP contribution is -2.40. The normalized spacial score (nSPS) is 23.6. The van der Waals surface area contributed by atoms with Gasteiger partial charge < -0.3 is 15.2 Å². The molecule has 1 aromatic rings. The molecule has 0 spiro atoms. The molecular weight excluding hydrogens is 266 g/mol. The molecule has 0 bridgehead atoms. The third-order valence-corrected chi connectivity index (χ3v) is 3.71. The summed E-state index contributed by atoms with van der Waals surface area (Å²) in [5, 5.41) is 11.5. The summed E-state index contributed by atoms with van der Waals surface area (Å²) in [6.07, 6.45) is -0.355. The highest BCUT2D eigenvalue weighted by Crippen LogP contribution is 2.23. The number of carboxylic acid groups (broad SMARTS) is 1. The van der Waals surface area contributed by atoms with Crippen molar-refractivity contribution >= 4 is 34.8 Å². The van der Waals surface area contributed by atoms with Crippen LogP contribution in [-0.4, -0.2) is 29.8 Å². The Morgan fingerprint density at radius 3 is 2.88 bits per heavy atom. The van der Waals surface area contributed by atoms with E-state index >= 15 is 0 Å². The zero-order valence-electron chi connectivity index (χ0n) is 8.68. The van der Waals surface area contributed by atoms with Crippen molar-refractivity contribution in [3.8, 4) is 0 Å². The van der Waals surface area contributed by atoms with Gasteiger partial charge in [-0.2, -0.15) is 0 Å². The fourth-order valence-corrected chi connectivity index (χ4v) is 2.57. The van der Waals surface area contributed by atoms with Gasteiger partial charge in [-0.05, 0) is 18.6 Å². The summed E-state index contributed by atoms with van der Waals surface area (Å²) in [6, 6.07) is 3.21. The second kappa shape index (κ2) is 5.03. The molecule has 2 atom stereocenters. The van der Waals surface area contributed by atoms with Crippen molar-refractivity contribution in [2.45, 2.75) is 12.6 Å². The molecule has 2 rings (SSSR count). The van der Waals surface area contributed by atoms with Gasteiger partial charge in [-0.15, -0.1) is 11.3 Å². The highest BCUT2D eigenvalue weighted by atomic mass is 35.5. The van der Waals surface area contributed by atoms with Crippen LogP contribution in [0, 0.1) is 5.92 Å². The van der Waals surface area contributed by atoms with E-state index in [9.17, 15) is 9.59 Å². The van der Waals surface area contributed by atoms with E-state index in [1.54, 1.807) is 12.1 Å². The molecule has 1 amide bonds. The summed E-state index contributed by atoms with van der Waals surface area (Å²) in [5.41, 5.74) is 0. The molecule has 2 heterocycles. The Morgan fingerprint density at radius 2 is 2.29 bits per heavy atom. The molecule has 0 aliphatic carbocycles. The fraction of sp³-hybridized carbons (Fsp3) is 0.400. The number of thiophene rings is 1. The minimum absolute atomic E-state index is 0.340. The molecular formula is C10H10ClNO4S. The maximum Gasteiger partial charge on any atom is 0.311 e. The third kappa shape index (κ3) is 2.77. The first kappa shape index (κ1) is 12.3. The van der Waals surface area contributed by atoms with E-state index in [0.717, 1.165) is 11.3 Å². The SMILES string of the molecule is O=C(NC1OCCC1C(=O)O)c1ccc(Cl)s1. The van der Waals surface area contributed by atoms with E-state index in [1.807, 2.05) is 0 Å². The average molecular weight is 276 g/mol. The molecule has 1 fully saturated rings. The lowest BCUT2D eigenvalue weighted by Gasteiger charge is -2.15. The number of amides is 1. The summed E-state index contributed by atoms with van der Waals surface area (Å²) in [7, 11) is 0. The van der Waals surface area contributed by atoms with Crippen molar-refractivity contribution in [1.82, 2.24) is 5.32 Å². The summed E-state index contributed by atoms with van der Waals surface area (Å²) < 4.78 is 5.70. The van der Waals surface area contributed by atoms with E-state index in [2.05, 4.69) is 5.32 Å². The van der Waals surface area contributed by atoms with Gasteiger partial charge in [0.05, 0.1) is 15.8 Å². The number of halogens is 1. The molecule has 0 radical (unpaired) electrons. The van der Waals surface area contributed by atoms with Crippen LogP contribution in [0.5, 0.6) is 0 Å². The number of carbonyl (C=O) groups excluding carboxylic acids is 1. The van der Waals surface area contributed by atoms with Gasteiger partial charge in [-0.1, -0.05) is 11.6 Å². The van der Waals surface area contributed by atoms with Crippen molar-refractivity contribution in [1.29, 1.82) is 0 Å². The van der Waals surface area contributed by atoms with Crippen molar-refractivity contribution in [3.63, 3.8) is 0 Å². The molecule has 2 N–H and O–H groups in total. The van der Waals surface area contributed by atoms with Crippen molar-refractivity contribution in [3.05, 3.63) is 21.3 Å². The van der Waals surface area contributed by atoms with E-state index in [-0.39, 0.29) is 5.91 Å². The first-order valence-corrected chi connectivity index (χ1v) is 6.18. The van der Waals surface area contributed by atoms with Crippen molar-refractivity contribution < 1.29 is 19.4 Å². The van der Waals surface area contributed by atoms with Crippen LogP contribution in [0.1, 0.15) is 16.1 Å². The maximum absolute atomic E-state index is 11.7. The Bertz CT molecular complexity index is 447. The number of carbonyl (C=O) groups is 2. The van der Waals surface area contributed by atoms with Gasteiger partial charge >= 0.3 is 5.97 Å². The molecule has 92 valence electrons. The van der Waals surface area contributed by atoms with E-state index in [1.165, 1.54) is 0 Å². The summed E-state index contributed by atoms with van der Waals surface area (Å²) in [4.78, 5) is 23.1. The van der Waals surface area contributed by atoms with Gasteiger partial charge in [0, 0.05) is 0 Å².